The summed E-state index contributed by atoms with van der Waals surface area (Å²) in [5.74, 6) is 0.329. The summed E-state index contributed by atoms with van der Waals surface area (Å²) in [5.41, 5.74) is -0.0908. The van der Waals surface area contributed by atoms with E-state index in [9.17, 15) is 4.79 Å². The van der Waals surface area contributed by atoms with Crippen molar-refractivity contribution in [1.82, 2.24) is 4.90 Å². The van der Waals surface area contributed by atoms with Gasteiger partial charge in [0.2, 0.25) is 0 Å². The van der Waals surface area contributed by atoms with Crippen LogP contribution in [0.3, 0.4) is 0 Å². The SMILES string of the molecule is CN1CCC2(CC1)COCC2=O. The maximum atomic E-state index is 11.5. The molecule has 0 radical (unpaired) electrons. The van der Waals surface area contributed by atoms with E-state index in [4.69, 9.17) is 4.74 Å². The molecular formula is C9H15NO2. The topological polar surface area (TPSA) is 29.5 Å². The summed E-state index contributed by atoms with van der Waals surface area (Å²) in [6.45, 7) is 3.09. The zero-order valence-corrected chi connectivity index (χ0v) is 7.51. The quantitative estimate of drug-likeness (QED) is 0.522. The minimum absolute atomic E-state index is 0.0908. The summed E-state index contributed by atoms with van der Waals surface area (Å²) in [6.07, 6.45) is 1.98. The van der Waals surface area contributed by atoms with E-state index in [1.165, 1.54) is 0 Å². The summed E-state index contributed by atoms with van der Waals surface area (Å²) in [7, 11) is 2.10. The van der Waals surface area contributed by atoms with E-state index in [2.05, 4.69) is 11.9 Å². The number of ether oxygens (including phenoxy) is 1. The Labute approximate surface area is 72.7 Å². The minimum Gasteiger partial charge on any atom is -0.373 e. The van der Waals surface area contributed by atoms with Crippen molar-refractivity contribution in [3.05, 3.63) is 0 Å². The number of carbonyl (C=O) groups is 1. The van der Waals surface area contributed by atoms with Crippen LogP contribution in [-0.4, -0.2) is 44.0 Å². The zero-order valence-electron chi connectivity index (χ0n) is 7.51. The smallest absolute Gasteiger partial charge is 0.166 e. The molecule has 3 heteroatoms. The third-order valence-corrected chi connectivity index (χ3v) is 3.15. The Hall–Kier alpha value is -0.410. The lowest BCUT2D eigenvalue weighted by Crippen LogP contribution is -2.42. The predicted octanol–water partition coefficient (Wildman–Crippen LogP) is 0.298. The summed E-state index contributed by atoms with van der Waals surface area (Å²) in [4.78, 5) is 13.8. The highest BCUT2D eigenvalue weighted by atomic mass is 16.5. The molecule has 2 rings (SSSR count). The van der Waals surface area contributed by atoms with E-state index in [0.29, 0.717) is 19.0 Å². The lowest BCUT2D eigenvalue weighted by molar-refractivity contribution is -0.126. The Morgan fingerprint density at radius 1 is 1.42 bits per heavy atom. The molecule has 68 valence electrons. The van der Waals surface area contributed by atoms with Gasteiger partial charge in [-0.15, -0.1) is 0 Å². The Morgan fingerprint density at radius 3 is 2.58 bits per heavy atom. The van der Waals surface area contributed by atoms with Gasteiger partial charge in [-0.1, -0.05) is 0 Å². The van der Waals surface area contributed by atoms with Crippen LogP contribution < -0.4 is 0 Å². The normalized spacial score (nSPS) is 29.9. The fourth-order valence-corrected chi connectivity index (χ4v) is 2.04. The third kappa shape index (κ3) is 1.17. The van der Waals surface area contributed by atoms with E-state index in [0.717, 1.165) is 25.9 Å². The summed E-state index contributed by atoms with van der Waals surface area (Å²) in [6, 6.07) is 0. The molecule has 12 heavy (non-hydrogen) atoms. The number of rotatable bonds is 0. The second-order valence-electron chi connectivity index (χ2n) is 4.00. The molecule has 2 aliphatic rings. The molecule has 0 aromatic carbocycles. The zero-order chi connectivity index (χ0) is 8.60. The van der Waals surface area contributed by atoms with Crippen molar-refractivity contribution in [3.8, 4) is 0 Å². The molecule has 2 aliphatic heterocycles. The molecule has 3 nitrogen and oxygen atoms in total. The first kappa shape index (κ1) is 8.20. The first-order chi connectivity index (χ1) is 5.73. The van der Waals surface area contributed by atoms with Crippen molar-refractivity contribution in [2.24, 2.45) is 5.41 Å². The Morgan fingerprint density at radius 2 is 2.08 bits per heavy atom. The number of nitrogens with zero attached hydrogens (tertiary/aromatic N) is 1. The molecule has 2 heterocycles. The molecule has 0 amide bonds. The second-order valence-corrected chi connectivity index (χ2v) is 4.00. The van der Waals surface area contributed by atoms with E-state index in [1.54, 1.807) is 0 Å². The molecule has 2 fully saturated rings. The van der Waals surface area contributed by atoms with Crippen molar-refractivity contribution >= 4 is 5.78 Å². The van der Waals surface area contributed by atoms with Gasteiger partial charge >= 0.3 is 0 Å². The molecule has 0 aromatic heterocycles. The standard InChI is InChI=1S/C9H15NO2/c1-10-4-2-9(3-5-10)7-12-6-8(9)11/h2-7H2,1H3. The summed E-state index contributed by atoms with van der Waals surface area (Å²) < 4.78 is 5.22. The molecule has 0 aliphatic carbocycles. The molecule has 2 saturated heterocycles. The van der Waals surface area contributed by atoms with E-state index >= 15 is 0 Å². The average molecular weight is 169 g/mol. The van der Waals surface area contributed by atoms with Crippen LogP contribution in [0.1, 0.15) is 12.8 Å². The van der Waals surface area contributed by atoms with Crippen molar-refractivity contribution in [1.29, 1.82) is 0 Å². The number of hydrogen-bond acceptors (Lipinski definition) is 3. The van der Waals surface area contributed by atoms with Crippen LogP contribution in [0.2, 0.25) is 0 Å². The van der Waals surface area contributed by atoms with Gasteiger partial charge in [-0.3, -0.25) is 4.79 Å². The number of hydrogen-bond donors (Lipinski definition) is 0. The molecule has 0 bridgehead atoms. The van der Waals surface area contributed by atoms with Gasteiger partial charge in [-0.2, -0.15) is 0 Å². The van der Waals surface area contributed by atoms with Gasteiger partial charge in [0, 0.05) is 0 Å². The van der Waals surface area contributed by atoms with Crippen LogP contribution in [0.25, 0.3) is 0 Å². The van der Waals surface area contributed by atoms with Crippen molar-refractivity contribution < 1.29 is 9.53 Å². The molecule has 1 spiro atoms. The minimum atomic E-state index is -0.0908. The predicted molar refractivity (Wildman–Crippen MR) is 45.0 cm³/mol. The van der Waals surface area contributed by atoms with Gasteiger partial charge in [0.05, 0.1) is 12.0 Å². The average Bonchev–Trinajstić information content (AvgIpc) is 2.41. The highest BCUT2D eigenvalue weighted by molar-refractivity contribution is 5.87. The highest BCUT2D eigenvalue weighted by Gasteiger charge is 2.44. The van der Waals surface area contributed by atoms with Crippen LogP contribution in [0.5, 0.6) is 0 Å². The number of carbonyl (C=O) groups excluding carboxylic acids is 1. The van der Waals surface area contributed by atoms with E-state index in [-0.39, 0.29) is 5.41 Å². The van der Waals surface area contributed by atoms with Crippen molar-refractivity contribution in [2.45, 2.75) is 12.8 Å². The van der Waals surface area contributed by atoms with Crippen molar-refractivity contribution in [2.75, 3.05) is 33.4 Å². The largest absolute Gasteiger partial charge is 0.373 e. The fraction of sp³-hybridized carbons (Fsp3) is 0.889. The van der Waals surface area contributed by atoms with Gasteiger partial charge in [0.25, 0.3) is 0 Å². The van der Waals surface area contributed by atoms with Gasteiger partial charge in [-0.25, -0.2) is 0 Å². The lowest BCUT2D eigenvalue weighted by atomic mass is 9.77. The van der Waals surface area contributed by atoms with Crippen LogP contribution >= 0.6 is 0 Å². The van der Waals surface area contributed by atoms with Gasteiger partial charge in [0.1, 0.15) is 6.61 Å². The second kappa shape index (κ2) is 2.82. The summed E-state index contributed by atoms with van der Waals surface area (Å²) >= 11 is 0. The number of piperidine rings is 1. The van der Waals surface area contributed by atoms with Crippen LogP contribution in [0, 0.1) is 5.41 Å². The maximum Gasteiger partial charge on any atom is 0.166 e. The Balaban J connectivity index is 2.07. The van der Waals surface area contributed by atoms with Crippen molar-refractivity contribution in [3.63, 3.8) is 0 Å². The Bertz CT molecular complexity index is 195. The number of ketones is 1. The summed E-state index contributed by atoms with van der Waals surface area (Å²) in [5, 5.41) is 0. The van der Waals surface area contributed by atoms with Crippen LogP contribution in [0.15, 0.2) is 0 Å². The molecular weight excluding hydrogens is 154 g/mol. The highest BCUT2D eigenvalue weighted by Crippen LogP contribution is 2.35. The monoisotopic (exact) mass is 169 g/mol. The first-order valence-corrected chi connectivity index (χ1v) is 4.53. The van der Waals surface area contributed by atoms with Gasteiger partial charge < -0.3 is 9.64 Å². The van der Waals surface area contributed by atoms with Crippen LogP contribution in [-0.2, 0) is 9.53 Å². The lowest BCUT2D eigenvalue weighted by Gasteiger charge is -2.34. The maximum absolute atomic E-state index is 11.5. The molecule has 0 N–H and O–H groups in total. The first-order valence-electron chi connectivity index (χ1n) is 4.53. The van der Waals surface area contributed by atoms with Gasteiger partial charge in [-0.05, 0) is 33.0 Å². The number of likely N-dealkylation sites (tertiary alicyclic amines) is 1. The molecule has 0 atom stereocenters. The molecule has 0 aromatic rings. The van der Waals surface area contributed by atoms with E-state index in [1.807, 2.05) is 0 Å². The third-order valence-electron chi connectivity index (χ3n) is 3.15. The van der Waals surface area contributed by atoms with E-state index < -0.39 is 0 Å². The van der Waals surface area contributed by atoms with Gasteiger partial charge in [0.15, 0.2) is 5.78 Å². The van der Waals surface area contributed by atoms with Crippen LogP contribution in [0.4, 0.5) is 0 Å². The molecule has 0 saturated carbocycles. The fourth-order valence-electron chi connectivity index (χ4n) is 2.04. The Kier molecular flexibility index (Phi) is 1.93. The molecule has 0 unspecified atom stereocenters. The number of Topliss-reactive ketones (excluding diaryl/α,β-unsaturated/α-hetero) is 1.